The van der Waals surface area contributed by atoms with Gasteiger partial charge in [0.15, 0.2) is 16.4 Å². The molecule has 0 spiro atoms. The number of carbonyl (C=O) groups is 2. The van der Waals surface area contributed by atoms with Gasteiger partial charge in [-0.1, -0.05) is 41.4 Å². The second-order valence-electron chi connectivity index (χ2n) is 5.01. The molecule has 26 heavy (non-hydrogen) atoms. The normalized spacial score (nSPS) is 13.8. The zero-order valence-electron chi connectivity index (χ0n) is 12.8. The number of nitroso groups, excluding NO2 is 1. The smallest absolute Gasteiger partial charge is 0.305 e. The van der Waals surface area contributed by atoms with Gasteiger partial charge < -0.3 is 5.32 Å². The van der Waals surface area contributed by atoms with E-state index in [2.05, 4.69) is 22.1 Å². The third kappa shape index (κ3) is 3.10. The average molecular weight is 414 g/mol. The highest BCUT2D eigenvalue weighted by Gasteiger charge is 2.46. The van der Waals surface area contributed by atoms with Crippen molar-refractivity contribution in [3.8, 4) is 0 Å². The molecule has 2 amide bonds. The highest BCUT2D eigenvalue weighted by atomic mass is 35.5. The van der Waals surface area contributed by atoms with Gasteiger partial charge in [0.25, 0.3) is 0 Å². The van der Waals surface area contributed by atoms with Gasteiger partial charge in [-0.3, -0.25) is 14.7 Å². The number of anilines is 2. The molecule has 1 aliphatic rings. The topological polar surface area (TPSA) is 98.2 Å². The number of H-pyrrole nitrogens is 1. The summed E-state index contributed by atoms with van der Waals surface area (Å²) in [6.45, 7) is 3.33. The van der Waals surface area contributed by atoms with Crippen molar-refractivity contribution in [1.29, 1.82) is 0 Å². The molecular weight excluding hydrogens is 405 g/mol. The van der Waals surface area contributed by atoms with E-state index in [9.17, 15) is 14.5 Å². The predicted octanol–water partition coefficient (Wildman–Crippen LogP) is 3.58. The first kappa shape index (κ1) is 18.1. The maximum absolute atomic E-state index is 12.7. The summed E-state index contributed by atoms with van der Waals surface area (Å²) >= 11 is 18.1. The summed E-state index contributed by atoms with van der Waals surface area (Å²) in [4.78, 5) is 36.9. The van der Waals surface area contributed by atoms with Gasteiger partial charge in [-0.25, -0.2) is 0 Å². The lowest BCUT2D eigenvalue weighted by Gasteiger charge is -2.10. The molecule has 8 nitrogen and oxygen atoms in total. The van der Waals surface area contributed by atoms with Crippen LogP contribution in [0.2, 0.25) is 15.1 Å². The minimum Gasteiger partial charge on any atom is -0.305 e. The molecule has 0 aliphatic carbocycles. The number of aromatic nitrogens is 2. The van der Waals surface area contributed by atoms with E-state index < -0.39 is 11.8 Å². The maximum atomic E-state index is 12.7. The Bertz CT molecular complexity index is 975. The lowest BCUT2D eigenvalue weighted by atomic mass is 10.2. The Kier molecular flexibility index (Phi) is 4.82. The third-order valence-corrected chi connectivity index (χ3v) is 4.19. The van der Waals surface area contributed by atoms with Crippen molar-refractivity contribution in [2.24, 2.45) is 0 Å². The summed E-state index contributed by atoms with van der Waals surface area (Å²) in [6.07, 6.45) is 3.47. The molecule has 0 saturated heterocycles. The number of halogens is 3. The van der Waals surface area contributed by atoms with Crippen molar-refractivity contribution in [3.05, 3.63) is 62.6 Å². The molecule has 2 heterocycles. The first-order valence-electron chi connectivity index (χ1n) is 6.98. The number of rotatable bonds is 4. The van der Waals surface area contributed by atoms with E-state index in [-0.39, 0.29) is 37.8 Å². The molecule has 11 heteroatoms. The predicted molar refractivity (Wildman–Crippen MR) is 98.0 cm³/mol. The minimum absolute atomic E-state index is 0.0100. The number of hydrazine groups is 1. The highest BCUT2D eigenvalue weighted by molar-refractivity contribution is 6.42. The van der Waals surface area contributed by atoms with Crippen molar-refractivity contribution in [3.63, 3.8) is 0 Å². The van der Waals surface area contributed by atoms with Crippen LogP contribution >= 0.6 is 34.8 Å². The van der Waals surface area contributed by atoms with Gasteiger partial charge in [-0.2, -0.15) is 5.10 Å². The fourth-order valence-electron chi connectivity index (χ4n) is 2.30. The average Bonchev–Trinajstić information content (AvgIpc) is 3.12. The van der Waals surface area contributed by atoms with Crippen molar-refractivity contribution in [2.75, 3.05) is 10.3 Å². The number of nitrogens with one attached hydrogen (secondary N) is 2. The van der Waals surface area contributed by atoms with Crippen molar-refractivity contribution in [1.82, 2.24) is 10.2 Å². The Hall–Kier alpha value is -2.68. The molecule has 0 bridgehead atoms. The van der Waals surface area contributed by atoms with E-state index >= 15 is 0 Å². The second-order valence-corrected chi connectivity index (χ2v) is 6.26. The van der Waals surface area contributed by atoms with E-state index in [1.54, 1.807) is 0 Å². The highest BCUT2D eigenvalue weighted by Crippen LogP contribution is 2.40. The summed E-state index contributed by atoms with van der Waals surface area (Å²) in [6, 6.07) is 2.72. The van der Waals surface area contributed by atoms with E-state index in [4.69, 9.17) is 34.8 Å². The van der Waals surface area contributed by atoms with Crippen molar-refractivity contribution in [2.45, 2.75) is 0 Å². The maximum Gasteiger partial charge on any atom is 0.318 e. The Labute approximate surface area is 161 Å². The molecule has 0 fully saturated rings. The SMILES string of the molecule is C=CC(=O)Nc1n[nH]cc1C1=CC(=O)N(c2c(Cl)cc(Cl)cc2Cl)[N+]1=O. The molecule has 0 atom stereocenters. The first-order chi connectivity index (χ1) is 12.3. The zero-order chi connectivity index (χ0) is 19.0. The lowest BCUT2D eigenvalue weighted by molar-refractivity contribution is -0.452. The summed E-state index contributed by atoms with van der Waals surface area (Å²) < 4.78 is 0. The third-order valence-electron chi connectivity index (χ3n) is 3.39. The fourth-order valence-corrected chi connectivity index (χ4v) is 3.27. The van der Waals surface area contributed by atoms with E-state index in [1.165, 1.54) is 18.3 Å². The number of nitrogens with zero attached hydrogens (tertiary/aromatic N) is 3. The molecule has 2 aromatic rings. The molecule has 0 radical (unpaired) electrons. The summed E-state index contributed by atoms with van der Waals surface area (Å²) in [5.74, 6) is -1.14. The van der Waals surface area contributed by atoms with Gasteiger partial charge in [0.1, 0.15) is 5.56 Å². The minimum atomic E-state index is -0.677. The van der Waals surface area contributed by atoms with Gasteiger partial charge in [0, 0.05) is 11.2 Å². The molecule has 1 aromatic heterocycles. The van der Waals surface area contributed by atoms with Crippen molar-refractivity contribution >= 4 is 63.8 Å². The molecule has 1 aromatic carbocycles. The van der Waals surface area contributed by atoms with Crippen LogP contribution in [0.1, 0.15) is 5.56 Å². The zero-order valence-corrected chi connectivity index (χ0v) is 15.1. The Morgan fingerprint density at radius 2 is 1.96 bits per heavy atom. The molecule has 0 unspecified atom stereocenters. The molecule has 2 N–H and O–H groups in total. The molecule has 3 rings (SSSR count). The summed E-state index contributed by atoms with van der Waals surface area (Å²) in [5, 5.41) is 9.85. The van der Waals surface area contributed by atoms with Crippen LogP contribution < -0.4 is 10.3 Å². The summed E-state index contributed by atoms with van der Waals surface area (Å²) in [5.41, 5.74) is 0.126. The van der Waals surface area contributed by atoms with Gasteiger partial charge >= 0.3 is 11.6 Å². The number of carbonyl (C=O) groups excluding carboxylic acids is 2. The Balaban J connectivity index is 2.01. The van der Waals surface area contributed by atoms with E-state index in [0.29, 0.717) is 4.87 Å². The van der Waals surface area contributed by atoms with Gasteiger partial charge in [0.2, 0.25) is 5.91 Å². The quantitative estimate of drug-likeness (QED) is 0.591. The summed E-state index contributed by atoms with van der Waals surface area (Å²) in [7, 11) is 0. The lowest BCUT2D eigenvalue weighted by Crippen LogP contribution is -2.32. The number of hydrogen-bond acceptors (Lipinski definition) is 4. The van der Waals surface area contributed by atoms with Gasteiger partial charge in [-0.15, -0.1) is 0 Å². The molecular formula is C15H9Cl3N5O3+. The standard InChI is InChI=1S/C15H8Cl3N5O3/c1-2-12(24)20-15-8(6-19-21-15)11-5-13(25)22(23(11)26)14-9(17)3-7(16)4-10(14)18/h2-6H,1H2,(H-,19,20,21,24,25,26)/p+1. The Morgan fingerprint density at radius 1 is 1.31 bits per heavy atom. The monoisotopic (exact) mass is 412 g/mol. The van der Waals surface area contributed by atoms with Crippen LogP contribution in [-0.2, 0) is 9.59 Å². The van der Waals surface area contributed by atoms with Crippen LogP contribution in [0, 0.1) is 4.91 Å². The number of benzene rings is 1. The van der Waals surface area contributed by atoms with Crippen LogP contribution in [0.3, 0.4) is 0 Å². The Morgan fingerprint density at radius 3 is 2.58 bits per heavy atom. The van der Waals surface area contributed by atoms with Crippen LogP contribution in [0.5, 0.6) is 0 Å². The largest absolute Gasteiger partial charge is 0.318 e. The van der Waals surface area contributed by atoms with Crippen LogP contribution in [0.25, 0.3) is 5.70 Å². The van der Waals surface area contributed by atoms with Gasteiger partial charge in [0.05, 0.1) is 21.0 Å². The van der Waals surface area contributed by atoms with Crippen LogP contribution in [0.15, 0.2) is 37.1 Å². The number of aromatic amines is 1. The van der Waals surface area contributed by atoms with Crippen molar-refractivity contribution < 1.29 is 14.5 Å². The number of hydrogen-bond donors (Lipinski definition) is 2. The van der Waals surface area contributed by atoms with E-state index in [1.807, 2.05) is 0 Å². The fraction of sp³-hybridized carbons (Fsp3) is 0. The molecule has 1 aliphatic heterocycles. The van der Waals surface area contributed by atoms with E-state index in [0.717, 1.165) is 17.2 Å². The number of amides is 2. The van der Waals surface area contributed by atoms with Crippen LogP contribution in [0.4, 0.5) is 11.5 Å². The molecule has 132 valence electrons. The second kappa shape index (κ2) is 6.91. The van der Waals surface area contributed by atoms with Gasteiger partial charge in [-0.05, 0) is 23.2 Å². The molecule has 0 saturated carbocycles. The first-order valence-corrected chi connectivity index (χ1v) is 8.12. The van der Waals surface area contributed by atoms with Crippen LogP contribution in [-0.4, -0.2) is 26.9 Å².